The Morgan fingerprint density at radius 2 is 2.07 bits per heavy atom. The zero-order chi connectivity index (χ0) is 20.6. The molecule has 3 aromatic rings. The lowest BCUT2D eigenvalue weighted by atomic mass is 10.1. The number of nitrogens with zero attached hydrogens (tertiary/aromatic N) is 2. The Kier molecular flexibility index (Phi) is 5.07. The van der Waals surface area contributed by atoms with Crippen molar-refractivity contribution in [3.05, 3.63) is 39.1 Å². The summed E-state index contributed by atoms with van der Waals surface area (Å²) in [5.41, 5.74) is 9.01. The zero-order valence-electron chi connectivity index (χ0n) is 15.8. The van der Waals surface area contributed by atoms with Crippen molar-refractivity contribution in [2.24, 2.45) is 0 Å². The predicted octanol–water partition coefficient (Wildman–Crippen LogP) is 3.37. The molecule has 28 heavy (non-hydrogen) atoms. The second-order valence-corrected chi connectivity index (χ2v) is 7.33. The molecule has 9 heteroatoms. The van der Waals surface area contributed by atoms with Gasteiger partial charge in [-0.1, -0.05) is 0 Å². The van der Waals surface area contributed by atoms with Crippen LogP contribution in [0.1, 0.15) is 37.8 Å². The molecule has 3 heterocycles. The van der Waals surface area contributed by atoms with E-state index >= 15 is 0 Å². The number of anilines is 2. The van der Waals surface area contributed by atoms with Gasteiger partial charge in [-0.05, 0) is 39.3 Å². The minimum atomic E-state index is -0.708. The first kappa shape index (κ1) is 19.4. The molecule has 0 aliphatic carbocycles. The van der Waals surface area contributed by atoms with E-state index in [2.05, 4.69) is 10.3 Å². The van der Waals surface area contributed by atoms with Gasteiger partial charge in [0.2, 0.25) is 5.88 Å². The number of amides is 1. The Hall–Kier alpha value is -3.38. The van der Waals surface area contributed by atoms with E-state index in [1.807, 2.05) is 26.0 Å². The standard InChI is InChI=1S/C19H18N4O4S/c1-8-5-9(2)22-18-14(8)15(21)16(28-18)19(25)26-7-13(24)23-17-12(6-20)10(3)11(4)27-17/h5H,7,21H2,1-4H3,(H,23,24). The fraction of sp³-hybridized carbons (Fsp3) is 0.263. The fourth-order valence-electron chi connectivity index (χ4n) is 2.83. The van der Waals surface area contributed by atoms with Crippen molar-refractivity contribution in [3.8, 4) is 6.07 Å². The SMILES string of the molecule is Cc1cc(C)c2c(N)c(C(=O)OCC(=O)Nc3oc(C)c(C)c3C#N)sc2n1. The molecule has 3 N–H and O–H groups in total. The molecule has 3 aromatic heterocycles. The number of pyridine rings is 1. The molecule has 144 valence electrons. The Morgan fingerprint density at radius 1 is 1.36 bits per heavy atom. The van der Waals surface area contributed by atoms with Crippen LogP contribution in [0.25, 0.3) is 10.2 Å². The van der Waals surface area contributed by atoms with Crippen LogP contribution in [0.3, 0.4) is 0 Å². The molecule has 0 fully saturated rings. The lowest BCUT2D eigenvalue weighted by Crippen LogP contribution is -2.21. The van der Waals surface area contributed by atoms with Crippen LogP contribution in [0.5, 0.6) is 0 Å². The number of ether oxygens (including phenoxy) is 1. The quantitative estimate of drug-likeness (QED) is 0.644. The van der Waals surface area contributed by atoms with Gasteiger partial charge in [0.05, 0.1) is 5.69 Å². The minimum absolute atomic E-state index is 0.0372. The molecule has 8 nitrogen and oxygen atoms in total. The Morgan fingerprint density at radius 3 is 2.75 bits per heavy atom. The number of fused-ring (bicyclic) bond motifs is 1. The third-order valence-corrected chi connectivity index (χ3v) is 5.37. The Labute approximate surface area is 164 Å². The minimum Gasteiger partial charge on any atom is -0.451 e. The molecule has 0 atom stereocenters. The predicted molar refractivity (Wildman–Crippen MR) is 105 cm³/mol. The average Bonchev–Trinajstić information content (AvgIpc) is 3.09. The van der Waals surface area contributed by atoms with Gasteiger partial charge >= 0.3 is 5.97 Å². The fourth-order valence-corrected chi connectivity index (χ4v) is 3.94. The third-order valence-electron chi connectivity index (χ3n) is 4.29. The summed E-state index contributed by atoms with van der Waals surface area (Å²) in [5.74, 6) is -0.765. The summed E-state index contributed by atoms with van der Waals surface area (Å²) in [6.07, 6.45) is 0. The van der Waals surface area contributed by atoms with Gasteiger partial charge in [0, 0.05) is 16.6 Å². The largest absolute Gasteiger partial charge is 0.451 e. The number of furan rings is 1. The Bertz CT molecular complexity index is 1150. The van der Waals surface area contributed by atoms with Crippen molar-refractivity contribution >= 4 is 45.0 Å². The van der Waals surface area contributed by atoms with Crippen LogP contribution in [0, 0.1) is 39.0 Å². The summed E-state index contributed by atoms with van der Waals surface area (Å²) in [6, 6.07) is 3.86. The molecule has 0 unspecified atom stereocenters. The summed E-state index contributed by atoms with van der Waals surface area (Å²) < 4.78 is 10.4. The monoisotopic (exact) mass is 398 g/mol. The molecule has 0 aliphatic heterocycles. The highest BCUT2D eigenvalue weighted by Crippen LogP contribution is 2.35. The number of nitrogens with two attached hydrogens (primary N) is 1. The van der Waals surface area contributed by atoms with Crippen molar-refractivity contribution in [1.29, 1.82) is 5.26 Å². The number of esters is 1. The topological polar surface area (TPSA) is 131 Å². The smallest absolute Gasteiger partial charge is 0.351 e. The summed E-state index contributed by atoms with van der Waals surface area (Å²) >= 11 is 1.12. The maximum Gasteiger partial charge on any atom is 0.351 e. The highest BCUT2D eigenvalue weighted by atomic mass is 32.1. The maximum atomic E-state index is 12.4. The van der Waals surface area contributed by atoms with Gasteiger partial charge < -0.3 is 14.9 Å². The van der Waals surface area contributed by atoms with Gasteiger partial charge in [-0.15, -0.1) is 11.3 Å². The number of nitrogens with one attached hydrogen (secondary N) is 1. The van der Waals surface area contributed by atoms with Crippen molar-refractivity contribution in [1.82, 2.24) is 4.98 Å². The number of nitrogen functional groups attached to an aromatic ring is 1. The van der Waals surface area contributed by atoms with Gasteiger partial charge in [-0.3, -0.25) is 10.1 Å². The molecule has 1 amide bonds. The maximum absolute atomic E-state index is 12.4. The van der Waals surface area contributed by atoms with Crippen LogP contribution >= 0.6 is 11.3 Å². The summed E-state index contributed by atoms with van der Waals surface area (Å²) in [4.78, 5) is 29.7. The first-order valence-corrected chi connectivity index (χ1v) is 9.17. The molecular weight excluding hydrogens is 380 g/mol. The number of carbonyl (C=O) groups is 2. The van der Waals surface area contributed by atoms with E-state index in [-0.39, 0.29) is 16.3 Å². The molecular formula is C19H18N4O4S. The van der Waals surface area contributed by atoms with Gasteiger partial charge in [0.25, 0.3) is 5.91 Å². The first-order valence-electron chi connectivity index (χ1n) is 8.36. The number of thiophene rings is 1. The van der Waals surface area contributed by atoms with E-state index in [4.69, 9.17) is 20.1 Å². The van der Waals surface area contributed by atoms with Crippen LogP contribution in [-0.2, 0) is 9.53 Å². The van der Waals surface area contributed by atoms with E-state index in [0.717, 1.165) is 22.6 Å². The molecule has 0 saturated carbocycles. The van der Waals surface area contributed by atoms with Crippen molar-refractivity contribution in [2.75, 3.05) is 17.7 Å². The number of aryl methyl sites for hydroxylation is 3. The summed E-state index contributed by atoms with van der Waals surface area (Å²) in [6.45, 7) is 6.62. The molecule has 0 spiro atoms. The molecule has 0 radical (unpaired) electrons. The lowest BCUT2D eigenvalue weighted by Gasteiger charge is -2.05. The summed E-state index contributed by atoms with van der Waals surface area (Å²) in [7, 11) is 0. The number of rotatable bonds is 4. The van der Waals surface area contributed by atoms with Crippen LogP contribution in [0.2, 0.25) is 0 Å². The van der Waals surface area contributed by atoms with E-state index in [9.17, 15) is 9.59 Å². The number of carbonyl (C=O) groups excluding carboxylic acids is 2. The molecule has 3 rings (SSSR count). The zero-order valence-corrected chi connectivity index (χ0v) is 16.6. The van der Waals surface area contributed by atoms with E-state index in [0.29, 0.717) is 27.2 Å². The van der Waals surface area contributed by atoms with Crippen molar-refractivity contribution in [2.45, 2.75) is 27.7 Å². The molecule has 0 aliphatic rings. The van der Waals surface area contributed by atoms with Gasteiger partial charge in [0.15, 0.2) is 6.61 Å². The second-order valence-electron chi connectivity index (χ2n) is 6.33. The average molecular weight is 398 g/mol. The lowest BCUT2D eigenvalue weighted by molar-refractivity contribution is -0.119. The molecule has 0 saturated heterocycles. The molecule has 0 aromatic carbocycles. The number of hydrogen-bond acceptors (Lipinski definition) is 8. The normalized spacial score (nSPS) is 10.7. The van der Waals surface area contributed by atoms with E-state index in [1.165, 1.54) is 0 Å². The first-order chi connectivity index (χ1) is 13.2. The van der Waals surface area contributed by atoms with Gasteiger partial charge in [0.1, 0.15) is 27.1 Å². The number of nitriles is 1. The highest BCUT2D eigenvalue weighted by molar-refractivity contribution is 7.21. The van der Waals surface area contributed by atoms with Crippen molar-refractivity contribution < 1.29 is 18.7 Å². The Balaban J connectivity index is 1.73. The summed E-state index contributed by atoms with van der Waals surface area (Å²) in [5, 5.41) is 12.3. The van der Waals surface area contributed by atoms with Crippen LogP contribution in [0.15, 0.2) is 10.5 Å². The number of aromatic nitrogens is 1. The highest BCUT2D eigenvalue weighted by Gasteiger charge is 2.22. The van der Waals surface area contributed by atoms with E-state index < -0.39 is 18.5 Å². The third kappa shape index (κ3) is 3.42. The van der Waals surface area contributed by atoms with Gasteiger partial charge in [-0.2, -0.15) is 5.26 Å². The second kappa shape index (κ2) is 7.32. The van der Waals surface area contributed by atoms with Crippen LogP contribution in [0.4, 0.5) is 11.6 Å². The van der Waals surface area contributed by atoms with Crippen molar-refractivity contribution in [3.63, 3.8) is 0 Å². The molecule has 0 bridgehead atoms. The van der Waals surface area contributed by atoms with Gasteiger partial charge in [-0.25, -0.2) is 9.78 Å². The van der Waals surface area contributed by atoms with E-state index in [1.54, 1.807) is 13.8 Å². The number of hydrogen-bond donors (Lipinski definition) is 2. The van der Waals surface area contributed by atoms with Crippen LogP contribution in [-0.4, -0.2) is 23.5 Å². The van der Waals surface area contributed by atoms with Crippen LogP contribution < -0.4 is 11.1 Å².